The average molecular weight is 394 g/mol. The number of hydrogen-bond donors (Lipinski definition) is 1. The number of benzene rings is 2. The number of alkyl halides is 3. The predicted octanol–water partition coefficient (Wildman–Crippen LogP) is 4.69. The largest absolute Gasteiger partial charge is 0.466 e. The van der Waals surface area contributed by atoms with E-state index in [1.807, 2.05) is 30.3 Å². The Morgan fingerprint density at radius 3 is 2.25 bits per heavy atom. The molecule has 0 radical (unpaired) electrons. The maximum Gasteiger partial charge on any atom is 0.416 e. The van der Waals surface area contributed by atoms with Crippen LogP contribution in [0.3, 0.4) is 0 Å². The molecule has 0 heterocycles. The molecule has 0 unspecified atom stereocenters. The van der Waals surface area contributed by atoms with E-state index in [2.05, 4.69) is 5.32 Å². The highest BCUT2D eigenvalue weighted by molar-refractivity contribution is 5.89. The molecule has 1 N–H and O–H groups in total. The van der Waals surface area contributed by atoms with Crippen LogP contribution in [0, 0.1) is 0 Å². The summed E-state index contributed by atoms with van der Waals surface area (Å²) in [5.74, 6) is -0.428. The highest BCUT2D eigenvalue weighted by atomic mass is 19.4. The molecule has 0 atom stereocenters. The zero-order chi connectivity index (χ0) is 20.6. The summed E-state index contributed by atoms with van der Waals surface area (Å²) in [6.07, 6.45) is -4.43. The van der Waals surface area contributed by atoms with E-state index >= 15 is 0 Å². The number of nitrogens with zero attached hydrogens (tertiary/aromatic N) is 1. The fraction of sp³-hybridized carbons (Fsp3) is 0.300. The van der Waals surface area contributed by atoms with Crippen LogP contribution < -0.4 is 5.32 Å². The molecule has 8 heteroatoms. The number of rotatable bonds is 7. The number of hydrogen-bond acceptors (Lipinski definition) is 3. The van der Waals surface area contributed by atoms with Gasteiger partial charge in [0.2, 0.25) is 0 Å². The Bertz CT molecular complexity index is 778. The van der Waals surface area contributed by atoms with E-state index in [9.17, 15) is 22.8 Å². The van der Waals surface area contributed by atoms with Crippen molar-refractivity contribution in [1.29, 1.82) is 0 Å². The number of halogens is 3. The Labute approximate surface area is 161 Å². The third-order valence-electron chi connectivity index (χ3n) is 3.86. The molecule has 0 spiro atoms. The zero-order valence-electron chi connectivity index (χ0n) is 15.3. The van der Waals surface area contributed by atoms with Crippen LogP contribution in [0.2, 0.25) is 0 Å². The quantitative estimate of drug-likeness (QED) is 0.693. The molecule has 0 aliphatic heterocycles. The number of carbonyl (C=O) groups excluding carboxylic acids is 2. The second kappa shape index (κ2) is 9.77. The van der Waals surface area contributed by atoms with Crippen molar-refractivity contribution in [1.82, 2.24) is 4.90 Å². The van der Waals surface area contributed by atoms with Gasteiger partial charge < -0.3 is 15.0 Å². The number of esters is 1. The van der Waals surface area contributed by atoms with E-state index in [1.54, 1.807) is 6.92 Å². The summed E-state index contributed by atoms with van der Waals surface area (Å²) < 4.78 is 42.8. The van der Waals surface area contributed by atoms with E-state index in [-0.39, 0.29) is 31.8 Å². The first kappa shape index (κ1) is 21.3. The number of nitrogens with one attached hydrogen (secondary N) is 1. The number of anilines is 1. The third-order valence-corrected chi connectivity index (χ3v) is 3.86. The Balaban J connectivity index is 2.07. The Hall–Kier alpha value is -3.03. The highest BCUT2D eigenvalue weighted by Crippen LogP contribution is 2.29. The lowest BCUT2D eigenvalue weighted by atomic mass is 10.2. The van der Waals surface area contributed by atoms with Gasteiger partial charge in [-0.1, -0.05) is 30.3 Å². The van der Waals surface area contributed by atoms with Gasteiger partial charge in [0, 0.05) is 18.8 Å². The standard InChI is InChI=1S/C20H21F3N2O3/c1-2-28-18(26)12-13-25(14-15-6-4-3-5-7-15)19(27)24-17-10-8-16(9-11-17)20(21,22)23/h3-11H,2,12-14H2,1H3,(H,24,27). The van der Waals surface area contributed by atoms with Crippen LogP contribution >= 0.6 is 0 Å². The molecule has 0 saturated heterocycles. The van der Waals surface area contributed by atoms with Gasteiger partial charge in [-0.05, 0) is 36.8 Å². The van der Waals surface area contributed by atoms with Gasteiger partial charge in [0.15, 0.2) is 0 Å². The van der Waals surface area contributed by atoms with Crippen molar-refractivity contribution in [2.24, 2.45) is 0 Å². The van der Waals surface area contributed by atoms with Crippen molar-refractivity contribution in [3.63, 3.8) is 0 Å². The van der Waals surface area contributed by atoms with Gasteiger partial charge in [0.05, 0.1) is 18.6 Å². The lowest BCUT2D eigenvalue weighted by Crippen LogP contribution is -2.36. The Morgan fingerprint density at radius 1 is 1.04 bits per heavy atom. The molecular formula is C20H21F3N2O3. The molecule has 2 aromatic rings. The zero-order valence-corrected chi connectivity index (χ0v) is 15.3. The lowest BCUT2D eigenvalue weighted by molar-refractivity contribution is -0.143. The summed E-state index contributed by atoms with van der Waals surface area (Å²) in [6.45, 7) is 2.29. The van der Waals surface area contributed by atoms with Crippen LogP contribution in [-0.2, 0) is 22.3 Å². The number of amides is 2. The molecule has 2 aromatic carbocycles. The SMILES string of the molecule is CCOC(=O)CCN(Cc1ccccc1)C(=O)Nc1ccc(C(F)(F)F)cc1. The molecular weight excluding hydrogens is 373 g/mol. The fourth-order valence-corrected chi connectivity index (χ4v) is 2.46. The molecule has 28 heavy (non-hydrogen) atoms. The highest BCUT2D eigenvalue weighted by Gasteiger charge is 2.30. The Kier molecular flexibility index (Phi) is 7.43. The van der Waals surface area contributed by atoms with Gasteiger partial charge in [-0.2, -0.15) is 13.2 Å². The average Bonchev–Trinajstić information content (AvgIpc) is 2.66. The summed E-state index contributed by atoms with van der Waals surface area (Å²) in [5, 5.41) is 2.56. The maximum atomic E-state index is 12.7. The topological polar surface area (TPSA) is 58.6 Å². The summed E-state index contributed by atoms with van der Waals surface area (Å²) in [7, 11) is 0. The van der Waals surface area contributed by atoms with E-state index in [1.165, 1.54) is 17.0 Å². The molecule has 0 aliphatic rings. The number of carbonyl (C=O) groups is 2. The van der Waals surface area contributed by atoms with E-state index in [4.69, 9.17) is 4.74 Å². The first-order valence-electron chi connectivity index (χ1n) is 8.72. The summed E-state index contributed by atoms with van der Waals surface area (Å²) >= 11 is 0. The van der Waals surface area contributed by atoms with E-state index in [0.29, 0.717) is 0 Å². The first-order chi connectivity index (χ1) is 13.3. The van der Waals surface area contributed by atoms with Gasteiger partial charge >= 0.3 is 18.2 Å². The molecule has 5 nitrogen and oxygen atoms in total. The van der Waals surface area contributed by atoms with Crippen molar-refractivity contribution in [3.05, 3.63) is 65.7 Å². The van der Waals surface area contributed by atoms with Crippen molar-refractivity contribution in [2.75, 3.05) is 18.5 Å². The van der Waals surface area contributed by atoms with Gasteiger partial charge in [-0.25, -0.2) is 4.79 Å². The van der Waals surface area contributed by atoms with Crippen LogP contribution in [-0.4, -0.2) is 30.1 Å². The third kappa shape index (κ3) is 6.61. The van der Waals surface area contributed by atoms with Gasteiger partial charge in [-0.15, -0.1) is 0 Å². The molecule has 0 fully saturated rings. The second-order valence-corrected chi connectivity index (χ2v) is 5.97. The van der Waals surface area contributed by atoms with Crippen LogP contribution in [0.4, 0.5) is 23.7 Å². The van der Waals surface area contributed by atoms with Gasteiger partial charge in [-0.3, -0.25) is 4.79 Å². The van der Waals surface area contributed by atoms with Crippen LogP contribution in [0.5, 0.6) is 0 Å². The van der Waals surface area contributed by atoms with Gasteiger partial charge in [0.1, 0.15) is 0 Å². The molecule has 0 aliphatic carbocycles. The molecule has 150 valence electrons. The number of urea groups is 1. The minimum atomic E-state index is -4.44. The van der Waals surface area contributed by atoms with Crippen molar-refractivity contribution in [2.45, 2.75) is 26.1 Å². The van der Waals surface area contributed by atoms with Crippen molar-refractivity contribution >= 4 is 17.7 Å². The minimum Gasteiger partial charge on any atom is -0.466 e. The molecule has 0 aromatic heterocycles. The van der Waals surface area contributed by atoms with Crippen molar-refractivity contribution < 1.29 is 27.5 Å². The van der Waals surface area contributed by atoms with Crippen LogP contribution in [0.1, 0.15) is 24.5 Å². The Morgan fingerprint density at radius 2 is 1.68 bits per heavy atom. The molecule has 2 rings (SSSR count). The van der Waals surface area contributed by atoms with E-state index < -0.39 is 23.7 Å². The summed E-state index contributed by atoms with van der Waals surface area (Å²) in [4.78, 5) is 25.6. The van der Waals surface area contributed by atoms with Gasteiger partial charge in [0.25, 0.3) is 0 Å². The van der Waals surface area contributed by atoms with E-state index in [0.717, 1.165) is 17.7 Å². The van der Waals surface area contributed by atoms with Crippen LogP contribution in [0.15, 0.2) is 54.6 Å². The molecule has 0 bridgehead atoms. The molecule has 0 saturated carbocycles. The van der Waals surface area contributed by atoms with Crippen molar-refractivity contribution in [3.8, 4) is 0 Å². The smallest absolute Gasteiger partial charge is 0.416 e. The normalized spacial score (nSPS) is 11.0. The summed E-state index contributed by atoms with van der Waals surface area (Å²) in [5.41, 5.74) is 0.287. The predicted molar refractivity (Wildman–Crippen MR) is 98.6 cm³/mol. The molecule has 2 amide bonds. The monoisotopic (exact) mass is 394 g/mol. The van der Waals surface area contributed by atoms with Crippen LogP contribution in [0.25, 0.3) is 0 Å². The maximum absolute atomic E-state index is 12.7. The minimum absolute atomic E-state index is 0.0150. The fourth-order valence-electron chi connectivity index (χ4n) is 2.46. The lowest BCUT2D eigenvalue weighted by Gasteiger charge is -2.23. The number of ether oxygens (including phenoxy) is 1. The summed E-state index contributed by atoms with van der Waals surface area (Å²) in [6, 6.07) is 12.8. The first-order valence-corrected chi connectivity index (χ1v) is 8.72. The second-order valence-electron chi connectivity index (χ2n) is 5.97.